The van der Waals surface area contributed by atoms with E-state index in [0.717, 1.165) is 25.7 Å². The van der Waals surface area contributed by atoms with Crippen molar-refractivity contribution >= 4 is 23.1 Å². The maximum absolute atomic E-state index is 12.7. The lowest BCUT2D eigenvalue weighted by Crippen LogP contribution is -2.49. The van der Waals surface area contributed by atoms with Crippen LogP contribution in [0.5, 0.6) is 0 Å². The summed E-state index contributed by atoms with van der Waals surface area (Å²) in [6.45, 7) is -0.0660. The summed E-state index contributed by atoms with van der Waals surface area (Å²) in [5.41, 5.74) is 1.53. The summed E-state index contributed by atoms with van der Waals surface area (Å²) in [7, 11) is 0. The average molecular weight is 378 g/mol. The van der Waals surface area contributed by atoms with Gasteiger partial charge in [-0.25, -0.2) is 4.98 Å². The predicted molar refractivity (Wildman–Crippen MR) is 105 cm³/mol. The van der Waals surface area contributed by atoms with Crippen molar-refractivity contribution in [3.05, 3.63) is 66.1 Å². The van der Waals surface area contributed by atoms with Gasteiger partial charge in [0.2, 0.25) is 0 Å². The van der Waals surface area contributed by atoms with Gasteiger partial charge in [0.15, 0.2) is 0 Å². The summed E-state index contributed by atoms with van der Waals surface area (Å²) in [6, 6.07) is 12.3. The molecule has 1 saturated carbocycles. The Morgan fingerprint density at radius 1 is 1.11 bits per heavy atom. The number of hydrogen-bond donors (Lipinski definition) is 3. The molecule has 1 aliphatic rings. The maximum Gasteiger partial charge on any atom is 0.274 e. The number of rotatable bonds is 5. The van der Waals surface area contributed by atoms with E-state index in [1.165, 1.54) is 6.20 Å². The second-order valence-electron chi connectivity index (χ2n) is 7.21. The van der Waals surface area contributed by atoms with E-state index in [2.05, 4.69) is 15.6 Å². The molecule has 0 unspecified atom stereocenters. The number of nitrogens with zero attached hydrogens (tertiary/aromatic N) is 2. The van der Waals surface area contributed by atoms with Gasteiger partial charge in [0, 0.05) is 17.4 Å². The molecule has 3 N–H and O–H groups in total. The molecule has 0 aliphatic heterocycles. The van der Waals surface area contributed by atoms with Crippen LogP contribution < -0.4 is 10.6 Å². The van der Waals surface area contributed by atoms with Crippen molar-refractivity contribution in [2.75, 3.05) is 11.9 Å². The van der Waals surface area contributed by atoms with Crippen LogP contribution >= 0.6 is 0 Å². The van der Waals surface area contributed by atoms with Crippen LogP contribution in [0, 0.1) is 0 Å². The number of pyridine rings is 1. The molecule has 0 saturated heterocycles. The number of aliphatic hydroxyl groups excluding tert-OH is 1. The number of carbonyl (C=O) groups is 2. The van der Waals surface area contributed by atoms with E-state index < -0.39 is 5.54 Å². The minimum absolute atomic E-state index is 0.0660. The van der Waals surface area contributed by atoms with Gasteiger partial charge in [0.1, 0.15) is 11.3 Å². The van der Waals surface area contributed by atoms with Crippen molar-refractivity contribution < 1.29 is 14.7 Å². The largest absolute Gasteiger partial charge is 0.394 e. The minimum Gasteiger partial charge on any atom is -0.394 e. The Kier molecular flexibility index (Phi) is 4.83. The Morgan fingerprint density at radius 2 is 1.93 bits per heavy atom. The first kappa shape index (κ1) is 18.2. The molecule has 2 amide bonds. The summed E-state index contributed by atoms with van der Waals surface area (Å²) in [4.78, 5) is 29.5. The number of aliphatic hydroxyl groups is 1. The first-order chi connectivity index (χ1) is 13.6. The molecule has 144 valence electrons. The van der Waals surface area contributed by atoms with Crippen LogP contribution in [0.15, 0.2) is 54.9 Å². The molecule has 7 nitrogen and oxygen atoms in total. The van der Waals surface area contributed by atoms with Crippen molar-refractivity contribution in [1.82, 2.24) is 14.7 Å². The molecule has 3 aromatic rings. The number of anilines is 1. The third-order valence-corrected chi connectivity index (χ3v) is 5.27. The van der Waals surface area contributed by atoms with Gasteiger partial charge in [-0.1, -0.05) is 25.0 Å². The van der Waals surface area contributed by atoms with Crippen molar-refractivity contribution in [2.45, 2.75) is 31.2 Å². The molecule has 2 heterocycles. The zero-order valence-electron chi connectivity index (χ0n) is 15.4. The van der Waals surface area contributed by atoms with E-state index in [1.807, 2.05) is 18.2 Å². The number of fused-ring (bicyclic) bond motifs is 1. The van der Waals surface area contributed by atoms with Gasteiger partial charge in [-0.2, -0.15) is 0 Å². The third-order valence-electron chi connectivity index (χ3n) is 5.27. The summed E-state index contributed by atoms with van der Waals surface area (Å²) in [5, 5.41) is 15.5. The van der Waals surface area contributed by atoms with Crippen LogP contribution in [0.4, 0.5) is 5.69 Å². The number of imidazole rings is 1. The average Bonchev–Trinajstić information content (AvgIpc) is 3.35. The highest BCUT2D eigenvalue weighted by Crippen LogP contribution is 2.29. The first-order valence-electron chi connectivity index (χ1n) is 9.37. The van der Waals surface area contributed by atoms with Gasteiger partial charge >= 0.3 is 0 Å². The van der Waals surface area contributed by atoms with Crippen LogP contribution in [-0.2, 0) is 0 Å². The monoisotopic (exact) mass is 378 g/mol. The molecule has 1 aromatic carbocycles. The lowest BCUT2D eigenvalue weighted by atomic mass is 9.98. The fourth-order valence-corrected chi connectivity index (χ4v) is 3.72. The van der Waals surface area contributed by atoms with Crippen LogP contribution in [0.2, 0.25) is 0 Å². The second kappa shape index (κ2) is 7.44. The van der Waals surface area contributed by atoms with Crippen molar-refractivity contribution in [3.8, 4) is 0 Å². The van der Waals surface area contributed by atoms with Crippen LogP contribution in [-0.4, -0.2) is 38.5 Å². The van der Waals surface area contributed by atoms with Gasteiger partial charge in [0.25, 0.3) is 11.8 Å². The minimum atomic E-state index is -0.535. The standard InChI is InChI=1S/C21H22N4O3/c26-14-21(9-2-3-10-21)24-19(27)15-6-5-7-16(12-15)23-20(28)17-13-22-18-8-1-4-11-25(17)18/h1,4-8,11-13,26H,2-3,9-10,14H2,(H,23,28)(H,24,27). The van der Waals surface area contributed by atoms with E-state index >= 15 is 0 Å². The van der Waals surface area contributed by atoms with Gasteiger partial charge in [-0.05, 0) is 43.2 Å². The van der Waals surface area contributed by atoms with Crippen LogP contribution in [0.25, 0.3) is 5.65 Å². The molecule has 0 bridgehead atoms. The fourth-order valence-electron chi connectivity index (χ4n) is 3.72. The molecule has 1 aliphatic carbocycles. The number of amides is 2. The summed E-state index contributed by atoms with van der Waals surface area (Å²) < 4.78 is 1.71. The number of hydrogen-bond acceptors (Lipinski definition) is 4. The molecule has 0 atom stereocenters. The Balaban J connectivity index is 1.50. The normalized spacial score (nSPS) is 15.5. The smallest absolute Gasteiger partial charge is 0.274 e. The molecule has 2 aromatic heterocycles. The zero-order chi connectivity index (χ0) is 19.6. The lowest BCUT2D eigenvalue weighted by molar-refractivity contribution is 0.0838. The molecule has 4 rings (SSSR count). The van der Waals surface area contributed by atoms with Gasteiger partial charge in [0.05, 0.1) is 18.3 Å². The summed E-state index contributed by atoms with van der Waals surface area (Å²) >= 11 is 0. The highest BCUT2D eigenvalue weighted by atomic mass is 16.3. The molecular formula is C21H22N4O3. The van der Waals surface area contributed by atoms with Crippen molar-refractivity contribution in [3.63, 3.8) is 0 Å². The molecule has 1 fully saturated rings. The first-order valence-corrected chi connectivity index (χ1v) is 9.37. The van der Waals surface area contributed by atoms with E-state index in [0.29, 0.717) is 22.6 Å². The highest BCUT2D eigenvalue weighted by molar-refractivity contribution is 6.04. The number of nitrogens with one attached hydrogen (secondary N) is 2. The number of carbonyl (C=O) groups excluding carboxylic acids is 2. The molecule has 0 radical (unpaired) electrons. The van der Waals surface area contributed by atoms with Crippen LogP contribution in [0.3, 0.4) is 0 Å². The van der Waals surface area contributed by atoms with E-state index in [4.69, 9.17) is 0 Å². The Morgan fingerprint density at radius 3 is 2.71 bits per heavy atom. The Hall–Kier alpha value is -3.19. The third kappa shape index (κ3) is 3.48. The fraction of sp³-hybridized carbons (Fsp3) is 0.286. The van der Waals surface area contributed by atoms with Crippen molar-refractivity contribution in [1.29, 1.82) is 0 Å². The molecular weight excluding hydrogens is 356 g/mol. The SMILES string of the molecule is O=C(NC1(CO)CCCC1)c1cccc(NC(=O)c2cnc3ccccn23)c1. The van der Waals surface area contributed by atoms with E-state index in [1.54, 1.807) is 34.9 Å². The van der Waals surface area contributed by atoms with E-state index in [-0.39, 0.29) is 18.4 Å². The molecule has 0 spiro atoms. The maximum atomic E-state index is 12.7. The van der Waals surface area contributed by atoms with E-state index in [9.17, 15) is 14.7 Å². The topological polar surface area (TPSA) is 95.7 Å². The quantitative estimate of drug-likeness (QED) is 0.636. The van der Waals surface area contributed by atoms with Crippen LogP contribution in [0.1, 0.15) is 46.5 Å². The van der Waals surface area contributed by atoms with Gasteiger partial charge < -0.3 is 15.7 Å². The lowest BCUT2D eigenvalue weighted by Gasteiger charge is -2.28. The Labute approximate surface area is 162 Å². The summed E-state index contributed by atoms with van der Waals surface area (Å²) in [6.07, 6.45) is 6.84. The van der Waals surface area contributed by atoms with Crippen molar-refractivity contribution in [2.24, 2.45) is 0 Å². The predicted octanol–water partition coefficient (Wildman–Crippen LogP) is 2.62. The van der Waals surface area contributed by atoms with Gasteiger partial charge in [-0.3, -0.25) is 14.0 Å². The molecule has 7 heteroatoms. The Bertz CT molecular complexity index is 1020. The highest BCUT2D eigenvalue weighted by Gasteiger charge is 2.34. The molecule has 28 heavy (non-hydrogen) atoms. The zero-order valence-corrected chi connectivity index (χ0v) is 15.4. The van der Waals surface area contributed by atoms with Gasteiger partial charge in [-0.15, -0.1) is 0 Å². The number of benzene rings is 1. The summed E-state index contributed by atoms with van der Waals surface area (Å²) in [5.74, 6) is -0.555. The second-order valence-corrected chi connectivity index (χ2v) is 7.21. The number of aromatic nitrogens is 2.